The number of rotatable bonds is 11. The first-order chi connectivity index (χ1) is 30.6. The molecule has 4 aliphatic rings. The highest BCUT2D eigenvalue weighted by Crippen LogP contribution is 2.47. The quantitative estimate of drug-likeness (QED) is 0.0903. The second-order valence-electron chi connectivity index (χ2n) is 16.5. The van der Waals surface area contributed by atoms with Gasteiger partial charge >= 0.3 is 0 Å². The van der Waals surface area contributed by atoms with E-state index in [-0.39, 0.29) is 12.0 Å². The molecule has 0 amide bonds. The zero-order valence-electron chi connectivity index (χ0n) is 34.7. The van der Waals surface area contributed by atoms with Crippen LogP contribution in [0.4, 0.5) is 17.1 Å². The lowest BCUT2D eigenvalue weighted by Crippen LogP contribution is -2.40. The zero-order valence-corrected chi connectivity index (χ0v) is 34.7. The number of benzene rings is 6. The summed E-state index contributed by atoms with van der Waals surface area (Å²) in [5, 5.41) is 16.3. The standard InChI is InChI=1S/C58H50N4/c59-58(61-54(45-19-9-3-10-20-45)37-25-41-15-5-1-6-16-41)46-28-26-42(27-29-46)47-33-38-55(53(39-47)44-17-7-2-8-18-44)60-49-34-30-43(31-35-49)48-32-36-52-51-23-13-14-24-56(51)62(57(52)40-48)50-21-11-4-12-22-50/h1-21,23-26,28-40,42,50-51,54,56,60H,22,27H2,(H2,59,61)/b37-25+. The number of nitrogens with one attached hydrogen (secondary N) is 3. The second kappa shape index (κ2) is 17.7. The van der Waals surface area contributed by atoms with Crippen molar-refractivity contribution < 1.29 is 0 Å². The molecule has 6 aromatic rings. The first-order valence-corrected chi connectivity index (χ1v) is 21.8. The Kier molecular flexibility index (Phi) is 11.0. The van der Waals surface area contributed by atoms with Crippen LogP contribution in [0.2, 0.25) is 0 Å². The van der Waals surface area contributed by atoms with Gasteiger partial charge in [0, 0.05) is 40.0 Å². The summed E-state index contributed by atoms with van der Waals surface area (Å²) in [6, 6.07) is 54.6. The number of hydrogen-bond acceptors (Lipinski definition) is 3. The number of fused-ring (bicyclic) bond motifs is 3. The SMILES string of the molecule is N=C(NC(/C=C/c1ccccc1)c1ccccc1)C1=CCC(c2ccc(Nc3ccc(-c4ccc5c(c4)N(C4C=CC=CC4)C4C=CC=CC54)cc3)c(-c3ccccc3)c2)C=C1. The van der Waals surface area contributed by atoms with Crippen molar-refractivity contribution in [2.24, 2.45) is 0 Å². The van der Waals surface area contributed by atoms with E-state index < -0.39 is 0 Å². The van der Waals surface area contributed by atoms with Crippen molar-refractivity contribution >= 4 is 29.0 Å². The summed E-state index contributed by atoms with van der Waals surface area (Å²) in [5.74, 6) is 1.00. The van der Waals surface area contributed by atoms with Gasteiger partial charge in [0.1, 0.15) is 5.84 Å². The molecule has 0 radical (unpaired) electrons. The third kappa shape index (κ3) is 8.20. The van der Waals surface area contributed by atoms with Crippen LogP contribution in [0.5, 0.6) is 0 Å². The maximum absolute atomic E-state index is 9.08. The minimum absolute atomic E-state index is 0.132. The lowest BCUT2D eigenvalue weighted by Gasteiger charge is -2.35. The van der Waals surface area contributed by atoms with E-state index in [1.807, 2.05) is 36.4 Å². The Morgan fingerprint density at radius 1 is 0.661 bits per heavy atom. The van der Waals surface area contributed by atoms with Crippen molar-refractivity contribution in [2.75, 3.05) is 10.2 Å². The molecule has 302 valence electrons. The predicted octanol–water partition coefficient (Wildman–Crippen LogP) is 14.0. The van der Waals surface area contributed by atoms with E-state index in [2.05, 4.69) is 210 Å². The van der Waals surface area contributed by atoms with Gasteiger partial charge in [-0.05, 0) is 82.1 Å². The van der Waals surface area contributed by atoms with Crippen molar-refractivity contribution in [1.29, 1.82) is 5.41 Å². The Balaban J connectivity index is 0.854. The maximum Gasteiger partial charge on any atom is 0.125 e. The smallest absolute Gasteiger partial charge is 0.125 e. The Hall–Kier alpha value is -7.43. The summed E-state index contributed by atoms with van der Waals surface area (Å²) in [7, 11) is 0. The van der Waals surface area contributed by atoms with Crippen LogP contribution in [0.25, 0.3) is 28.3 Å². The fourth-order valence-electron chi connectivity index (χ4n) is 9.34. The van der Waals surface area contributed by atoms with Gasteiger partial charge in [0.15, 0.2) is 0 Å². The lowest BCUT2D eigenvalue weighted by atomic mass is 9.87. The van der Waals surface area contributed by atoms with Gasteiger partial charge in [0.2, 0.25) is 0 Å². The summed E-state index contributed by atoms with van der Waals surface area (Å²) < 4.78 is 0. The maximum atomic E-state index is 9.08. The molecule has 4 heteroatoms. The average Bonchev–Trinajstić information content (AvgIpc) is 3.68. The first-order valence-electron chi connectivity index (χ1n) is 21.8. The number of hydrogen-bond donors (Lipinski definition) is 3. The van der Waals surface area contributed by atoms with Gasteiger partial charge in [-0.3, -0.25) is 5.41 Å². The highest BCUT2D eigenvalue weighted by molar-refractivity contribution is 5.99. The van der Waals surface area contributed by atoms with Gasteiger partial charge in [-0.2, -0.15) is 0 Å². The molecule has 62 heavy (non-hydrogen) atoms. The molecule has 5 unspecified atom stereocenters. The molecule has 5 atom stereocenters. The third-order valence-corrected chi connectivity index (χ3v) is 12.6. The highest BCUT2D eigenvalue weighted by atomic mass is 15.2. The van der Waals surface area contributed by atoms with E-state index in [1.165, 1.54) is 33.5 Å². The van der Waals surface area contributed by atoms with Crippen LogP contribution in [-0.2, 0) is 0 Å². The van der Waals surface area contributed by atoms with E-state index >= 15 is 0 Å². The van der Waals surface area contributed by atoms with Crippen LogP contribution < -0.4 is 15.5 Å². The number of nitrogens with zero attached hydrogens (tertiary/aromatic N) is 1. The number of allylic oxidation sites excluding steroid dienone is 6. The van der Waals surface area contributed by atoms with E-state index in [0.717, 1.165) is 46.5 Å². The predicted molar refractivity (Wildman–Crippen MR) is 261 cm³/mol. The molecular weight excluding hydrogens is 753 g/mol. The minimum Gasteiger partial charge on any atom is -0.360 e. The molecule has 0 spiro atoms. The Morgan fingerprint density at radius 3 is 2.16 bits per heavy atom. The van der Waals surface area contributed by atoms with Gasteiger partial charge in [-0.15, -0.1) is 0 Å². The molecule has 1 aliphatic heterocycles. The summed E-state index contributed by atoms with van der Waals surface area (Å²) >= 11 is 0. The average molecular weight is 803 g/mol. The topological polar surface area (TPSA) is 51.2 Å². The molecule has 6 aromatic carbocycles. The Labute approximate surface area is 365 Å². The molecule has 0 saturated heterocycles. The first kappa shape index (κ1) is 38.8. The summed E-state index contributed by atoms with van der Waals surface area (Å²) in [6.45, 7) is 0. The fraction of sp³-hybridized carbons (Fsp3) is 0.121. The molecule has 3 N–H and O–H groups in total. The molecule has 3 aliphatic carbocycles. The molecule has 10 rings (SSSR count). The summed E-state index contributed by atoms with van der Waals surface area (Å²) in [5.41, 5.74) is 14.0. The molecular formula is C58H50N4. The van der Waals surface area contributed by atoms with Crippen LogP contribution in [0.15, 0.2) is 230 Å². The summed E-state index contributed by atoms with van der Waals surface area (Å²) in [4.78, 5) is 2.63. The van der Waals surface area contributed by atoms with Gasteiger partial charge < -0.3 is 15.5 Å². The van der Waals surface area contributed by atoms with Crippen molar-refractivity contribution in [1.82, 2.24) is 5.32 Å². The van der Waals surface area contributed by atoms with Crippen LogP contribution in [0.3, 0.4) is 0 Å². The van der Waals surface area contributed by atoms with E-state index in [1.54, 1.807) is 0 Å². The van der Waals surface area contributed by atoms with E-state index in [9.17, 15) is 0 Å². The van der Waals surface area contributed by atoms with Crippen LogP contribution in [-0.4, -0.2) is 17.9 Å². The largest absolute Gasteiger partial charge is 0.360 e. The second-order valence-corrected chi connectivity index (χ2v) is 16.5. The van der Waals surface area contributed by atoms with E-state index in [0.29, 0.717) is 23.8 Å². The van der Waals surface area contributed by atoms with Crippen LogP contribution >= 0.6 is 0 Å². The van der Waals surface area contributed by atoms with Crippen molar-refractivity contribution in [3.05, 3.63) is 252 Å². The van der Waals surface area contributed by atoms with Crippen molar-refractivity contribution in [3.8, 4) is 22.3 Å². The lowest BCUT2D eigenvalue weighted by molar-refractivity contribution is 0.614. The zero-order chi connectivity index (χ0) is 41.7. The van der Waals surface area contributed by atoms with Gasteiger partial charge in [-0.1, -0.05) is 200 Å². The number of amidine groups is 1. The molecule has 0 bridgehead atoms. The number of anilines is 3. The fourth-order valence-corrected chi connectivity index (χ4v) is 9.34. The van der Waals surface area contributed by atoms with Crippen molar-refractivity contribution in [2.45, 2.75) is 42.8 Å². The van der Waals surface area contributed by atoms with Gasteiger partial charge in [0.05, 0.1) is 18.1 Å². The van der Waals surface area contributed by atoms with Gasteiger partial charge in [-0.25, -0.2) is 0 Å². The molecule has 0 aromatic heterocycles. The van der Waals surface area contributed by atoms with E-state index in [4.69, 9.17) is 5.41 Å². The minimum atomic E-state index is -0.132. The van der Waals surface area contributed by atoms with Crippen LogP contribution in [0.1, 0.15) is 53.0 Å². The summed E-state index contributed by atoms with van der Waals surface area (Å²) in [6.07, 6.45) is 30.8. The monoisotopic (exact) mass is 802 g/mol. The Morgan fingerprint density at radius 2 is 1.40 bits per heavy atom. The molecule has 0 saturated carbocycles. The van der Waals surface area contributed by atoms with Gasteiger partial charge in [0.25, 0.3) is 0 Å². The molecule has 1 heterocycles. The molecule has 4 nitrogen and oxygen atoms in total. The highest BCUT2D eigenvalue weighted by Gasteiger charge is 2.39. The third-order valence-electron chi connectivity index (χ3n) is 12.6. The normalized spacial score (nSPS) is 20.1. The Bertz CT molecular complexity index is 2770. The van der Waals surface area contributed by atoms with Crippen LogP contribution in [0, 0.1) is 5.41 Å². The van der Waals surface area contributed by atoms with Crippen molar-refractivity contribution in [3.63, 3.8) is 0 Å². The molecule has 0 fully saturated rings.